The van der Waals surface area contributed by atoms with E-state index in [-0.39, 0.29) is 5.54 Å². The number of aromatic nitrogens is 3. The Bertz CT molecular complexity index is 683. The molecule has 2 aromatic rings. The third kappa shape index (κ3) is 3.50. The number of ether oxygens (including phenoxy) is 1. The summed E-state index contributed by atoms with van der Waals surface area (Å²) in [6.07, 6.45) is 5.98. The molecular weight excluding hydrogens is 314 g/mol. The maximum absolute atomic E-state index is 5.88. The van der Waals surface area contributed by atoms with E-state index < -0.39 is 0 Å². The summed E-state index contributed by atoms with van der Waals surface area (Å²) >= 11 is 0. The van der Waals surface area contributed by atoms with Crippen LogP contribution in [-0.2, 0) is 11.3 Å². The van der Waals surface area contributed by atoms with Crippen molar-refractivity contribution in [3.05, 3.63) is 47.9 Å². The Morgan fingerprint density at radius 2 is 2.00 bits per heavy atom. The molecule has 2 aromatic heterocycles. The van der Waals surface area contributed by atoms with Crippen molar-refractivity contribution < 1.29 is 4.74 Å². The first-order valence-electron chi connectivity index (χ1n) is 9.02. The summed E-state index contributed by atoms with van der Waals surface area (Å²) in [5.41, 5.74) is 2.36. The van der Waals surface area contributed by atoms with Crippen LogP contribution in [0, 0.1) is 6.92 Å². The highest BCUT2D eigenvalue weighted by molar-refractivity contribution is 5.38. The van der Waals surface area contributed by atoms with E-state index in [2.05, 4.69) is 37.1 Å². The van der Waals surface area contributed by atoms with E-state index in [1.165, 1.54) is 5.56 Å². The van der Waals surface area contributed by atoms with E-state index in [1.807, 2.05) is 31.5 Å². The molecule has 25 heavy (non-hydrogen) atoms. The third-order valence-corrected chi connectivity index (χ3v) is 5.45. The van der Waals surface area contributed by atoms with Gasteiger partial charge in [-0.3, -0.25) is 9.88 Å². The van der Waals surface area contributed by atoms with E-state index in [4.69, 9.17) is 4.74 Å². The van der Waals surface area contributed by atoms with E-state index in [0.29, 0.717) is 0 Å². The highest BCUT2D eigenvalue weighted by Gasteiger charge is 2.42. The van der Waals surface area contributed by atoms with Crippen molar-refractivity contribution in [2.75, 3.05) is 37.7 Å². The molecular formula is C19H25N5O. The molecule has 0 bridgehead atoms. The van der Waals surface area contributed by atoms with Gasteiger partial charge in [0, 0.05) is 44.1 Å². The van der Waals surface area contributed by atoms with Gasteiger partial charge in [0.1, 0.15) is 0 Å². The molecule has 0 N–H and O–H groups in total. The lowest BCUT2D eigenvalue weighted by Crippen LogP contribution is -2.61. The van der Waals surface area contributed by atoms with Crippen molar-refractivity contribution in [1.82, 2.24) is 20.1 Å². The van der Waals surface area contributed by atoms with Crippen LogP contribution in [0.5, 0.6) is 0 Å². The minimum atomic E-state index is 0.128. The number of hydrogen-bond acceptors (Lipinski definition) is 6. The zero-order valence-electron chi connectivity index (χ0n) is 14.8. The van der Waals surface area contributed by atoms with Crippen molar-refractivity contribution >= 4 is 5.82 Å². The molecule has 0 aliphatic carbocycles. The molecule has 0 radical (unpaired) electrons. The second-order valence-corrected chi connectivity index (χ2v) is 7.08. The average Bonchev–Trinajstić information content (AvgIpc) is 2.66. The minimum absolute atomic E-state index is 0.128. The normalized spacial score (nSPS) is 20.8. The molecule has 0 saturated carbocycles. The maximum Gasteiger partial charge on any atom is 0.151 e. The summed E-state index contributed by atoms with van der Waals surface area (Å²) < 4.78 is 5.88. The molecule has 2 fully saturated rings. The van der Waals surface area contributed by atoms with E-state index in [9.17, 15) is 0 Å². The number of hydrogen-bond donors (Lipinski definition) is 0. The second-order valence-electron chi connectivity index (χ2n) is 7.08. The maximum atomic E-state index is 5.88. The first-order chi connectivity index (χ1) is 12.3. The third-order valence-electron chi connectivity index (χ3n) is 5.45. The van der Waals surface area contributed by atoms with Crippen molar-refractivity contribution in [1.29, 1.82) is 0 Å². The van der Waals surface area contributed by atoms with Gasteiger partial charge >= 0.3 is 0 Å². The van der Waals surface area contributed by atoms with Gasteiger partial charge in [-0.15, -0.1) is 5.10 Å². The van der Waals surface area contributed by atoms with E-state index >= 15 is 0 Å². The number of nitrogens with zero attached hydrogens (tertiary/aromatic N) is 5. The van der Waals surface area contributed by atoms with Gasteiger partial charge in [-0.1, -0.05) is 6.07 Å². The minimum Gasteiger partial charge on any atom is -0.378 e. The van der Waals surface area contributed by atoms with Crippen molar-refractivity contribution in [2.24, 2.45) is 0 Å². The van der Waals surface area contributed by atoms with Crippen LogP contribution in [0.25, 0.3) is 0 Å². The summed E-state index contributed by atoms with van der Waals surface area (Å²) in [4.78, 5) is 9.21. The summed E-state index contributed by atoms with van der Waals surface area (Å²) in [6, 6.07) is 8.28. The van der Waals surface area contributed by atoms with E-state index in [1.54, 1.807) is 0 Å². The first-order valence-corrected chi connectivity index (χ1v) is 9.02. The molecule has 132 valence electrons. The Balaban J connectivity index is 1.46. The number of piperidine rings is 1. The van der Waals surface area contributed by atoms with Gasteiger partial charge in [-0.25, -0.2) is 0 Å². The number of morpholine rings is 1. The molecule has 4 rings (SSSR count). The molecule has 4 heterocycles. The second kappa shape index (κ2) is 7.06. The van der Waals surface area contributed by atoms with Crippen LogP contribution >= 0.6 is 0 Å². The predicted octanol–water partition coefficient (Wildman–Crippen LogP) is 2.05. The summed E-state index contributed by atoms with van der Waals surface area (Å²) in [6.45, 7) is 7.52. The Morgan fingerprint density at radius 3 is 2.72 bits per heavy atom. The molecule has 2 saturated heterocycles. The SMILES string of the molecule is Cc1ccc(N2CCC3(CC2)COCCN3Cc2cccnc2)nn1. The number of pyridine rings is 1. The van der Waals surface area contributed by atoms with Crippen molar-refractivity contribution in [2.45, 2.75) is 31.8 Å². The van der Waals surface area contributed by atoms with Crippen LogP contribution in [0.1, 0.15) is 24.1 Å². The van der Waals surface area contributed by atoms with Crippen LogP contribution in [-0.4, -0.2) is 58.5 Å². The zero-order chi connectivity index (χ0) is 17.1. The molecule has 0 unspecified atom stereocenters. The molecule has 1 spiro atoms. The van der Waals surface area contributed by atoms with Crippen LogP contribution < -0.4 is 4.90 Å². The fourth-order valence-electron chi connectivity index (χ4n) is 3.90. The summed E-state index contributed by atoms with van der Waals surface area (Å²) in [5.74, 6) is 0.982. The van der Waals surface area contributed by atoms with Gasteiger partial charge in [-0.2, -0.15) is 5.10 Å². The average molecular weight is 339 g/mol. The van der Waals surface area contributed by atoms with Gasteiger partial charge in [0.25, 0.3) is 0 Å². The smallest absolute Gasteiger partial charge is 0.151 e. The van der Waals surface area contributed by atoms with Crippen LogP contribution in [0.15, 0.2) is 36.7 Å². The van der Waals surface area contributed by atoms with Crippen molar-refractivity contribution in [3.63, 3.8) is 0 Å². The summed E-state index contributed by atoms with van der Waals surface area (Å²) in [7, 11) is 0. The molecule has 6 heteroatoms. The lowest BCUT2D eigenvalue weighted by Gasteiger charge is -2.51. The Hall–Kier alpha value is -2.05. The standard InChI is InChI=1S/C19H25N5O/c1-16-4-5-18(22-21-16)23-9-6-19(7-10-23)15-25-12-11-24(19)14-17-3-2-8-20-13-17/h2-5,8,13H,6-7,9-12,14-15H2,1H3. The molecule has 0 aromatic carbocycles. The monoisotopic (exact) mass is 339 g/mol. The Kier molecular flexibility index (Phi) is 4.63. The highest BCUT2D eigenvalue weighted by Crippen LogP contribution is 2.34. The molecule has 0 atom stereocenters. The van der Waals surface area contributed by atoms with E-state index in [0.717, 1.165) is 63.7 Å². The predicted molar refractivity (Wildman–Crippen MR) is 96.4 cm³/mol. The zero-order valence-corrected chi connectivity index (χ0v) is 14.8. The van der Waals surface area contributed by atoms with Crippen LogP contribution in [0.3, 0.4) is 0 Å². The van der Waals surface area contributed by atoms with Gasteiger partial charge in [0.15, 0.2) is 5.82 Å². The number of rotatable bonds is 3. The fraction of sp³-hybridized carbons (Fsp3) is 0.526. The van der Waals surface area contributed by atoms with Gasteiger partial charge in [0.05, 0.1) is 18.9 Å². The Morgan fingerprint density at radius 1 is 1.12 bits per heavy atom. The Labute approximate surface area is 148 Å². The number of aryl methyl sites for hydroxylation is 1. The fourth-order valence-corrected chi connectivity index (χ4v) is 3.90. The largest absolute Gasteiger partial charge is 0.378 e. The van der Waals surface area contributed by atoms with Gasteiger partial charge < -0.3 is 9.64 Å². The molecule has 6 nitrogen and oxygen atoms in total. The van der Waals surface area contributed by atoms with Crippen LogP contribution in [0.2, 0.25) is 0 Å². The lowest BCUT2D eigenvalue weighted by molar-refractivity contribution is -0.0843. The lowest BCUT2D eigenvalue weighted by atomic mass is 9.85. The molecule has 2 aliphatic heterocycles. The topological polar surface area (TPSA) is 54.4 Å². The van der Waals surface area contributed by atoms with Gasteiger partial charge in [0.2, 0.25) is 0 Å². The van der Waals surface area contributed by atoms with Crippen molar-refractivity contribution in [3.8, 4) is 0 Å². The molecule has 2 aliphatic rings. The van der Waals surface area contributed by atoms with Gasteiger partial charge in [-0.05, 0) is 43.5 Å². The van der Waals surface area contributed by atoms with Crippen LogP contribution in [0.4, 0.5) is 5.82 Å². The quantitative estimate of drug-likeness (QED) is 0.853. The number of anilines is 1. The first kappa shape index (κ1) is 16.4. The molecule has 0 amide bonds. The highest BCUT2D eigenvalue weighted by atomic mass is 16.5. The summed E-state index contributed by atoms with van der Waals surface area (Å²) in [5, 5.41) is 8.54.